The lowest BCUT2D eigenvalue weighted by atomic mass is 10.1. The van der Waals surface area contributed by atoms with Gasteiger partial charge in [0.05, 0.1) is 5.02 Å². The van der Waals surface area contributed by atoms with Crippen LogP contribution in [0.25, 0.3) is 0 Å². The van der Waals surface area contributed by atoms with Crippen molar-refractivity contribution < 1.29 is 10.2 Å². The summed E-state index contributed by atoms with van der Waals surface area (Å²) in [6, 6.07) is 1.42. The Kier molecular flexibility index (Phi) is 1.96. The Morgan fingerprint density at radius 1 is 1.18 bits per heavy atom. The lowest BCUT2D eigenvalue weighted by molar-refractivity contribution is 0.440. The Morgan fingerprint density at radius 2 is 1.73 bits per heavy atom. The Morgan fingerprint density at radius 3 is 2.27 bits per heavy atom. The van der Waals surface area contributed by atoms with Crippen LogP contribution in [0.3, 0.4) is 0 Å². The van der Waals surface area contributed by atoms with Gasteiger partial charge in [0.15, 0.2) is 0 Å². The maximum absolute atomic E-state index is 9.32. The molecule has 11 heavy (non-hydrogen) atoms. The van der Waals surface area contributed by atoms with Gasteiger partial charge in [-0.25, -0.2) is 0 Å². The zero-order chi connectivity index (χ0) is 8.59. The summed E-state index contributed by atoms with van der Waals surface area (Å²) in [5.41, 5.74) is 1.06. The van der Waals surface area contributed by atoms with Crippen LogP contribution < -0.4 is 0 Å². The molecular weight excluding hydrogens is 164 g/mol. The molecule has 0 radical (unpaired) electrons. The van der Waals surface area contributed by atoms with Crippen molar-refractivity contribution in [2.24, 2.45) is 0 Å². The zero-order valence-electron chi connectivity index (χ0n) is 6.35. The smallest absolute Gasteiger partial charge is 0.126 e. The molecule has 2 nitrogen and oxygen atoms in total. The Bertz CT molecular complexity index is 268. The van der Waals surface area contributed by atoms with Crippen molar-refractivity contribution in [3.05, 3.63) is 22.2 Å². The first-order valence-electron chi connectivity index (χ1n) is 3.21. The van der Waals surface area contributed by atoms with Crippen molar-refractivity contribution in [3.8, 4) is 11.5 Å². The Labute approximate surface area is 70.1 Å². The van der Waals surface area contributed by atoms with Crippen molar-refractivity contribution in [1.82, 2.24) is 0 Å². The largest absolute Gasteiger partial charge is 0.507 e. The molecule has 0 heterocycles. The van der Waals surface area contributed by atoms with Gasteiger partial charge in [-0.05, 0) is 19.9 Å². The minimum atomic E-state index is 0.0260. The summed E-state index contributed by atoms with van der Waals surface area (Å²) in [6.07, 6.45) is 0. The van der Waals surface area contributed by atoms with E-state index in [-0.39, 0.29) is 11.5 Å². The van der Waals surface area contributed by atoms with Crippen molar-refractivity contribution in [3.63, 3.8) is 0 Å². The van der Waals surface area contributed by atoms with E-state index in [4.69, 9.17) is 16.7 Å². The molecule has 1 aromatic rings. The molecule has 1 aromatic carbocycles. The first-order chi connectivity index (χ1) is 5.04. The predicted molar refractivity (Wildman–Crippen MR) is 44.3 cm³/mol. The SMILES string of the molecule is Cc1c(O)cc(Cl)c(C)c1O. The number of phenols is 2. The highest BCUT2D eigenvalue weighted by Gasteiger charge is 2.08. The number of halogens is 1. The fraction of sp³-hybridized carbons (Fsp3) is 0.250. The van der Waals surface area contributed by atoms with E-state index in [1.165, 1.54) is 6.07 Å². The molecule has 2 N–H and O–H groups in total. The molecule has 0 fully saturated rings. The molecule has 0 saturated carbocycles. The summed E-state index contributed by atoms with van der Waals surface area (Å²) in [5.74, 6) is 0.0908. The maximum atomic E-state index is 9.32. The third-order valence-corrected chi connectivity index (χ3v) is 2.11. The summed E-state index contributed by atoms with van der Waals surface area (Å²) in [4.78, 5) is 0. The van der Waals surface area contributed by atoms with Crippen LogP contribution in [0.4, 0.5) is 0 Å². The van der Waals surface area contributed by atoms with Crippen LogP contribution in [-0.2, 0) is 0 Å². The number of hydrogen-bond acceptors (Lipinski definition) is 2. The minimum Gasteiger partial charge on any atom is -0.507 e. The highest BCUT2D eigenvalue weighted by Crippen LogP contribution is 2.34. The molecule has 0 amide bonds. The number of benzene rings is 1. The molecular formula is C8H9ClO2. The summed E-state index contributed by atoms with van der Waals surface area (Å²) >= 11 is 5.67. The zero-order valence-corrected chi connectivity index (χ0v) is 7.11. The molecule has 3 heteroatoms. The predicted octanol–water partition coefficient (Wildman–Crippen LogP) is 2.37. The lowest BCUT2D eigenvalue weighted by Crippen LogP contribution is -1.82. The fourth-order valence-corrected chi connectivity index (χ4v) is 1.05. The topological polar surface area (TPSA) is 40.5 Å². The third kappa shape index (κ3) is 1.26. The van der Waals surface area contributed by atoms with Crippen LogP contribution in [0.5, 0.6) is 11.5 Å². The fourth-order valence-electron chi connectivity index (χ4n) is 0.852. The van der Waals surface area contributed by atoms with Gasteiger partial charge in [0.1, 0.15) is 11.5 Å². The van der Waals surface area contributed by atoms with Crippen LogP contribution in [0.1, 0.15) is 11.1 Å². The molecule has 0 aromatic heterocycles. The van der Waals surface area contributed by atoms with E-state index < -0.39 is 0 Å². The van der Waals surface area contributed by atoms with Gasteiger partial charge in [-0.1, -0.05) is 11.6 Å². The minimum absolute atomic E-state index is 0.0260. The second kappa shape index (κ2) is 2.62. The number of hydrogen-bond donors (Lipinski definition) is 2. The molecule has 0 aliphatic heterocycles. The van der Waals surface area contributed by atoms with Crippen LogP contribution >= 0.6 is 11.6 Å². The second-order valence-corrected chi connectivity index (χ2v) is 2.88. The van der Waals surface area contributed by atoms with Crippen LogP contribution in [0, 0.1) is 13.8 Å². The molecule has 0 atom stereocenters. The van der Waals surface area contributed by atoms with Crippen LogP contribution in [0.15, 0.2) is 6.07 Å². The molecule has 0 unspecified atom stereocenters. The Balaban J connectivity index is 3.46. The highest BCUT2D eigenvalue weighted by molar-refractivity contribution is 6.31. The molecule has 60 valence electrons. The van der Waals surface area contributed by atoms with Crippen LogP contribution in [0.2, 0.25) is 5.02 Å². The number of aromatic hydroxyl groups is 2. The number of rotatable bonds is 0. The highest BCUT2D eigenvalue weighted by atomic mass is 35.5. The number of phenolic OH excluding ortho intramolecular Hbond substituents is 2. The van der Waals surface area contributed by atoms with E-state index >= 15 is 0 Å². The molecule has 1 rings (SSSR count). The van der Waals surface area contributed by atoms with Crippen LogP contribution in [-0.4, -0.2) is 10.2 Å². The van der Waals surface area contributed by atoms with Crippen molar-refractivity contribution in [1.29, 1.82) is 0 Å². The molecule has 0 saturated heterocycles. The first kappa shape index (κ1) is 8.21. The third-order valence-electron chi connectivity index (χ3n) is 1.72. The van der Waals surface area contributed by atoms with Gasteiger partial charge in [0.2, 0.25) is 0 Å². The maximum Gasteiger partial charge on any atom is 0.126 e. The van der Waals surface area contributed by atoms with Gasteiger partial charge >= 0.3 is 0 Å². The molecule has 0 bridgehead atoms. The van der Waals surface area contributed by atoms with Gasteiger partial charge in [0.25, 0.3) is 0 Å². The Hall–Kier alpha value is -0.890. The quantitative estimate of drug-likeness (QED) is 0.631. The summed E-state index contributed by atoms with van der Waals surface area (Å²) in [5, 5.41) is 18.9. The van der Waals surface area contributed by atoms with Gasteiger partial charge in [-0.15, -0.1) is 0 Å². The van der Waals surface area contributed by atoms with E-state index in [0.717, 1.165) is 0 Å². The van der Waals surface area contributed by atoms with E-state index in [9.17, 15) is 5.11 Å². The van der Waals surface area contributed by atoms with Crippen molar-refractivity contribution >= 4 is 11.6 Å². The van der Waals surface area contributed by atoms with E-state index in [0.29, 0.717) is 16.1 Å². The van der Waals surface area contributed by atoms with Gasteiger partial charge in [-0.2, -0.15) is 0 Å². The van der Waals surface area contributed by atoms with Crippen molar-refractivity contribution in [2.75, 3.05) is 0 Å². The first-order valence-corrected chi connectivity index (χ1v) is 3.59. The van der Waals surface area contributed by atoms with E-state index in [1.54, 1.807) is 13.8 Å². The monoisotopic (exact) mass is 172 g/mol. The van der Waals surface area contributed by atoms with Gasteiger partial charge in [0, 0.05) is 11.1 Å². The normalized spacial score (nSPS) is 10.1. The standard InChI is InChI=1S/C8H9ClO2/c1-4-6(9)3-7(10)5(2)8(4)11/h3,10-11H,1-2H3. The summed E-state index contributed by atoms with van der Waals surface area (Å²) in [6.45, 7) is 3.33. The average molecular weight is 173 g/mol. The van der Waals surface area contributed by atoms with Crippen molar-refractivity contribution in [2.45, 2.75) is 13.8 Å². The second-order valence-electron chi connectivity index (χ2n) is 2.48. The van der Waals surface area contributed by atoms with E-state index in [2.05, 4.69) is 0 Å². The molecule has 0 aliphatic rings. The van der Waals surface area contributed by atoms with E-state index in [1.807, 2.05) is 0 Å². The molecule has 0 spiro atoms. The lowest BCUT2D eigenvalue weighted by Gasteiger charge is -2.06. The summed E-state index contributed by atoms with van der Waals surface area (Å²) in [7, 11) is 0. The van der Waals surface area contributed by atoms with Gasteiger partial charge < -0.3 is 10.2 Å². The van der Waals surface area contributed by atoms with Gasteiger partial charge in [-0.3, -0.25) is 0 Å². The average Bonchev–Trinajstić information content (AvgIpc) is 1.97. The summed E-state index contributed by atoms with van der Waals surface area (Å²) < 4.78 is 0. The molecule has 0 aliphatic carbocycles.